The Morgan fingerprint density at radius 3 is 2.39 bits per heavy atom. The van der Waals surface area contributed by atoms with Crippen molar-refractivity contribution < 1.29 is 4.79 Å². The maximum atomic E-state index is 12.0. The van der Waals surface area contributed by atoms with E-state index >= 15 is 0 Å². The van der Waals surface area contributed by atoms with Crippen LogP contribution in [0.5, 0.6) is 0 Å². The van der Waals surface area contributed by atoms with E-state index in [1.807, 2.05) is 13.8 Å². The average Bonchev–Trinajstić information content (AvgIpc) is 2.32. The van der Waals surface area contributed by atoms with Gasteiger partial charge in [-0.25, -0.2) is 0 Å². The number of hydrogen-bond donors (Lipinski definition) is 1. The van der Waals surface area contributed by atoms with Gasteiger partial charge in [-0.15, -0.1) is 0 Å². The van der Waals surface area contributed by atoms with E-state index in [1.54, 1.807) is 0 Å². The second-order valence-electron chi connectivity index (χ2n) is 5.87. The van der Waals surface area contributed by atoms with Crippen molar-refractivity contribution in [2.45, 2.75) is 65.3 Å². The molecule has 1 atom stereocenters. The molecule has 102 valence electrons. The van der Waals surface area contributed by atoms with Gasteiger partial charge in [0, 0.05) is 6.04 Å². The van der Waals surface area contributed by atoms with E-state index in [-0.39, 0.29) is 11.8 Å². The van der Waals surface area contributed by atoms with E-state index in [0.717, 1.165) is 18.8 Å². The summed E-state index contributed by atoms with van der Waals surface area (Å²) in [6.07, 6.45) is 7.16. The number of nitriles is 1. The molecule has 1 rings (SSSR count). The Bertz CT molecular complexity index is 298. The number of nitrogens with zero attached hydrogens (tertiary/aromatic N) is 1. The summed E-state index contributed by atoms with van der Waals surface area (Å²) in [5.41, 5.74) is 0. The fourth-order valence-corrected chi connectivity index (χ4v) is 2.81. The molecule has 0 bridgehead atoms. The Balaban J connectivity index is 2.37. The number of hydrogen-bond acceptors (Lipinski definition) is 2. The highest BCUT2D eigenvalue weighted by molar-refractivity contribution is 5.81. The zero-order chi connectivity index (χ0) is 13.5. The predicted molar refractivity (Wildman–Crippen MR) is 72.7 cm³/mol. The molecule has 0 aliphatic heterocycles. The van der Waals surface area contributed by atoms with Gasteiger partial charge in [0.05, 0.1) is 6.07 Å². The van der Waals surface area contributed by atoms with Gasteiger partial charge in [0.15, 0.2) is 0 Å². The minimum Gasteiger partial charge on any atom is -0.352 e. The van der Waals surface area contributed by atoms with Crippen LogP contribution in [0.1, 0.15) is 59.3 Å². The highest BCUT2D eigenvalue weighted by Crippen LogP contribution is 2.28. The van der Waals surface area contributed by atoms with Crippen LogP contribution >= 0.6 is 0 Å². The van der Waals surface area contributed by atoms with Gasteiger partial charge in [-0.1, -0.05) is 33.6 Å². The van der Waals surface area contributed by atoms with E-state index in [9.17, 15) is 4.79 Å². The normalized spacial score (nSPS) is 25.5. The highest BCUT2D eigenvalue weighted by Gasteiger charge is 2.26. The lowest BCUT2D eigenvalue weighted by Crippen LogP contribution is -2.41. The van der Waals surface area contributed by atoms with Crippen LogP contribution in [-0.2, 0) is 4.79 Å². The molecule has 3 heteroatoms. The first-order chi connectivity index (χ1) is 8.58. The summed E-state index contributed by atoms with van der Waals surface area (Å²) in [5.74, 6) is 0.358. The molecule has 1 unspecified atom stereocenters. The molecule has 0 spiro atoms. The van der Waals surface area contributed by atoms with E-state index in [0.29, 0.717) is 6.04 Å². The molecule has 1 aliphatic carbocycles. The van der Waals surface area contributed by atoms with E-state index < -0.39 is 5.92 Å². The lowest BCUT2D eigenvalue weighted by atomic mass is 9.83. The molecule has 0 radical (unpaired) electrons. The second kappa shape index (κ2) is 7.41. The molecular weight excluding hydrogens is 224 g/mol. The number of amides is 1. The Kier molecular flexibility index (Phi) is 6.18. The van der Waals surface area contributed by atoms with E-state index in [2.05, 4.69) is 18.3 Å². The SMILES string of the molecule is CCCC1CCC(NC(=O)C(C#N)C(C)C)CC1. The fourth-order valence-electron chi connectivity index (χ4n) is 2.81. The number of nitrogens with one attached hydrogen (secondary N) is 1. The molecule has 0 aromatic carbocycles. The minimum absolute atomic E-state index is 0.0774. The zero-order valence-corrected chi connectivity index (χ0v) is 11.9. The van der Waals surface area contributed by atoms with Gasteiger partial charge in [-0.05, 0) is 37.5 Å². The van der Waals surface area contributed by atoms with Crippen molar-refractivity contribution in [3.05, 3.63) is 0 Å². The second-order valence-corrected chi connectivity index (χ2v) is 5.87. The Morgan fingerprint density at radius 2 is 1.94 bits per heavy atom. The largest absolute Gasteiger partial charge is 0.352 e. The standard InChI is InChI=1S/C15H26N2O/c1-4-5-12-6-8-13(9-7-12)17-15(18)14(10-16)11(2)3/h11-14H,4-9H2,1-3H3,(H,17,18). The van der Waals surface area contributed by atoms with Crippen molar-refractivity contribution in [1.29, 1.82) is 5.26 Å². The minimum atomic E-state index is -0.502. The summed E-state index contributed by atoms with van der Waals surface area (Å²) >= 11 is 0. The van der Waals surface area contributed by atoms with Gasteiger partial charge in [-0.2, -0.15) is 5.26 Å². The third-order valence-corrected chi connectivity index (χ3v) is 3.98. The van der Waals surface area contributed by atoms with Gasteiger partial charge < -0.3 is 5.32 Å². The van der Waals surface area contributed by atoms with Crippen molar-refractivity contribution in [3.8, 4) is 6.07 Å². The third kappa shape index (κ3) is 4.33. The molecule has 0 saturated heterocycles. The summed E-state index contributed by atoms with van der Waals surface area (Å²) in [7, 11) is 0. The zero-order valence-electron chi connectivity index (χ0n) is 11.9. The molecule has 1 N–H and O–H groups in total. The Hall–Kier alpha value is -1.04. The molecular formula is C15H26N2O. The van der Waals surface area contributed by atoms with Gasteiger partial charge in [0.25, 0.3) is 0 Å². The van der Waals surface area contributed by atoms with Gasteiger partial charge in [-0.3, -0.25) is 4.79 Å². The van der Waals surface area contributed by atoms with Crippen LogP contribution in [0.25, 0.3) is 0 Å². The molecule has 0 heterocycles. The van der Waals surface area contributed by atoms with Crippen LogP contribution in [-0.4, -0.2) is 11.9 Å². The maximum Gasteiger partial charge on any atom is 0.237 e. The molecule has 3 nitrogen and oxygen atoms in total. The number of carbonyl (C=O) groups is 1. The maximum absolute atomic E-state index is 12.0. The smallest absolute Gasteiger partial charge is 0.237 e. The van der Waals surface area contributed by atoms with Gasteiger partial charge >= 0.3 is 0 Å². The first-order valence-corrected chi connectivity index (χ1v) is 7.28. The van der Waals surface area contributed by atoms with Crippen molar-refractivity contribution in [2.75, 3.05) is 0 Å². The summed E-state index contributed by atoms with van der Waals surface area (Å²) in [6, 6.07) is 2.40. The predicted octanol–water partition coefficient (Wildman–Crippen LogP) is 3.26. The Morgan fingerprint density at radius 1 is 1.33 bits per heavy atom. The first kappa shape index (κ1) is 15.0. The average molecular weight is 250 g/mol. The van der Waals surface area contributed by atoms with Crippen LogP contribution in [0.2, 0.25) is 0 Å². The van der Waals surface area contributed by atoms with Crippen molar-refractivity contribution in [1.82, 2.24) is 5.32 Å². The van der Waals surface area contributed by atoms with Gasteiger partial charge in [0.2, 0.25) is 5.91 Å². The molecule has 1 aliphatic rings. The van der Waals surface area contributed by atoms with Crippen LogP contribution in [0.4, 0.5) is 0 Å². The van der Waals surface area contributed by atoms with Crippen LogP contribution in [0.15, 0.2) is 0 Å². The quantitative estimate of drug-likeness (QED) is 0.814. The Labute approximate surface area is 111 Å². The molecule has 1 amide bonds. The number of rotatable bonds is 5. The van der Waals surface area contributed by atoms with E-state index in [4.69, 9.17) is 5.26 Å². The lowest BCUT2D eigenvalue weighted by Gasteiger charge is -2.29. The highest BCUT2D eigenvalue weighted by atomic mass is 16.1. The molecule has 0 aromatic heterocycles. The summed E-state index contributed by atoms with van der Waals surface area (Å²) in [6.45, 7) is 6.07. The van der Waals surface area contributed by atoms with Crippen LogP contribution in [0.3, 0.4) is 0 Å². The molecule has 1 saturated carbocycles. The lowest BCUT2D eigenvalue weighted by molar-refractivity contribution is -0.125. The molecule has 0 aromatic rings. The summed E-state index contributed by atoms with van der Waals surface area (Å²) in [5, 5.41) is 12.0. The monoisotopic (exact) mass is 250 g/mol. The van der Waals surface area contributed by atoms with Crippen LogP contribution in [0, 0.1) is 29.1 Å². The fraction of sp³-hybridized carbons (Fsp3) is 0.867. The molecule has 1 fully saturated rings. The van der Waals surface area contributed by atoms with Crippen molar-refractivity contribution in [2.24, 2.45) is 17.8 Å². The topological polar surface area (TPSA) is 52.9 Å². The van der Waals surface area contributed by atoms with Crippen molar-refractivity contribution in [3.63, 3.8) is 0 Å². The van der Waals surface area contributed by atoms with Crippen molar-refractivity contribution >= 4 is 5.91 Å². The third-order valence-electron chi connectivity index (χ3n) is 3.98. The van der Waals surface area contributed by atoms with E-state index in [1.165, 1.54) is 25.7 Å². The number of carbonyl (C=O) groups excluding carboxylic acids is 1. The van der Waals surface area contributed by atoms with Gasteiger partial charge in [0.1, 0.15) is 5.92 Å². The summed E-state index contributed by atoms with van der Waals surface area (Å²) < 4.78 is 0. The summed E-state index contributed by atoms with van der Waals surface area (Å²) in [4.78, 5) is 12.0. The molecule has 18 heavy (non-hydrogen) atoms. The first-order valence-electron chi connectivity index (χ1n) is 7.28. The van der Waals surface area contributed by atoms with Crippen LogP contribution < -0.4 is 5.32 Å².